The lowest BCUT2D eigenvalue weighted by atomic mass is 10.2. The largest absolute Gasteiger partial charge is 0.507 e. The lowest BCUT2D eigenvalue weighted by Crippen LogP contribution is -2.46. The summed E-state index contributed by atoms with van der Waals surface area (Å²) in [5.41, 5.74) is 2.63. The van der Waals surface area contributed by atoms with Crippen LogP contribution in [-0.2, 0) is 13.0 Å². The molecule has 3 aromatic rings. The van der Waals surface area contributed by atoms with Crippen LogP contribution in [0, 0.1) is 6.92 Å². The van der Waals surface area contributed by atoms with E-state index in [0.717, 1.165) is 62.2 Å². The van der Waals surface area contributed by atoms with Crippen molar-refractivity contribution in [3.8, 4) is 17.1 Å². The first-order chi connectivity index (χ1) is 14.1. The number of benzene rings is 1. The van der Waals surface area contributed by atoms with Gasteiger partial charge in [0.15, 0.2) is 5.82 Å². The van der Waals surface area contributed by atoms with Crippen molar-refractivity contribution in [1.82, 2.24) is 24.8 Å². The molecular weight excluding hydrogens is 364 g/mol. The fourth-order valence-corrected chi connectivity index (χ4v) is 3.56. The molecule has 150 valence electrons. The van der Waals surface area contributed by atoms with Crippen LogP contribution in [0.1, 0.15) is 24.1 Å². The minimum Gasteiger partial charge on any atom is -0.507 e. The number of aromatic hydroxyl groups is 1. The number of rotatable bonds is 5. The van der Waals surface area contributed by atoms with Gasteiger partial charge in [0, 0.05) is 57.1 Å². The zero-order valence-corrected chi connectivity index (χ0v) is 16.9. The average Bonchev–Trinajstić information content (AvgIpc) is 2.74. The summed E-state index contributed by atoms with van der Waals surface area (Å²) in [5.74, 6) is 2.57. The van der Waals surface area contributed by atoms with Gasteiger partial charge in [0.2, 0.25) is 0 Å². The molecule has 1 fully saturated rings. The highest BCUT2D eigenvalue weighted by atomic mass is 16.3. The van der Waals surface area contributed by atoms with Crippen molar-refractivity contribution >= 4 is 5.82 Å². The Hall–Kier alpha value is -3.06. The van der Waals surface area contributed by atoms with Gasteiger partial charge in [-0.2, -0.15) is 0 Å². The summed E-state index contributed by atoms with van der Waals surface area (Å²) in [6, 6.07) is 11.2. The number of piperazine rings is 1. The second kappa shape index (κ2) is 8.53. The molecule has 1 aliphatic heterocycles. The number of aromatic nitrogens is 4. The van der Waals surface area contributed by atoms with Gasteiger partial charge in [-0.15, -0.1) is 0 Å². The molecule has 0 spiro atoms. The number of aryl methyl sites for hydroxylation is 2. The van der Waals surface area contributed by atoms with Crippen molar-refractivity contribution in [2.24, 2.45) is 0 Å². The number of para-hydroxylation sites is 1. The maximum absolute atomic E-state index is 10.2. The summed E-state index contributed by atoms with van der Waals surface area (Å²) in [6.45, 7) is 8.55. The highest BCUT2D eigenvalue weighted by molar-refractivity contribution is 5.65. The molecule has 1 saturated heterocycles. The van der Waals surface area contributed by atoms with Crippen molar-refractivity contribution in [2.75, 3.05) is 31.1 Å². The maximum atomic E-state index is 10.2. The number of phenols is 1. The van der Waals surface area contributed by atoms with Crippen LogP contribution in [-0.4, -0.2) is 56.1 Å². The second-order valence-corrected chi connectivity index (χ2v) is 7.29. The molecule has 7 heteroatoms. The van der Waals surface area contributed by atoms with Gasteiger partial charge in [-0.25, -0.2) is 19.9 Å². The predicted molar refractivity (Wildman–Crippen MR) is 113 cm³/mol. The van der Waals surface area contributed by atoms with Gasteiger partial charge < -0.3 is 10.0 Å². The zero-order valence-electron chi connectivity index (χ0n) is 16.9. The molecule has 0 radical (unpaired) electrons. The Labute approximate surface area is 171 Å². The third-order valence-corrected chi connectivity index (χ3v) is 5.15. The quantitative estimate of drug-likeness (QED) is 0.718. The predicted octanol–water partition coefficient (Wildman–Crippen LogP) is 2.83. The van der Waals surface area contributed by atoms with Crippen LogP contribution in [0.3, 0.4) is 0 Å². The molecule has 0 bridgehead atoms. The van der Waals surface area contributed by atoms with Gasteiger partial charge >= 0.3 is 0 Å². The molecular formula is C22H26N6O. The zero-order chi connectivity index (χ0) is 20.2. The summed E-state index contributed by atoms with van der Waals surface area (Å²) in [7, 11) is 0. The number of hydrogen-bond acceptors (Lipinski definition) is 7. The van der Waals surface area contributed by atoms with E-state index in [4.69, 9.17) is 4.98 Å². The van der Waals surface area contributed by atoms with Crippen LogP contribution in [0.4, 0.5) is 5.82 Å². The topological polar surface area (TPSA) is 78.3 Å². The minimum absolute atomic E-state index is 0.199. The van der Waals surface area contributed by atoms with Crippen molar-refractivity contribution < 1.29 is 5.11 Å². The molecule has 1 aliphatic rings. The Balaban J connectivity index is 1.45. The monoisotopic (exact) mass is 390 g/mol. The average molecular weight is 390 g/mol. The van der Waals surface area contributed by atoms with E-state index in [1.165, 1.54) is 0 Å². The second-order valence-electron chi connectivity index (χ2n) is 7.29. The van der Waals surface area contributed by atoms with E-state index in [-0.39, 0.29) is 5.75 Å². The van der Waals surface area contributed by atoms with Gasteiger partial charge in [0.1, 0.15) is 17.4 Å². The molecule has 2 aromatic heterocycles. The number of phenolic OH excluding ortho intramolecular Hbond substituents is 1. The van der Waals surface area contributed by atoms with E-state index < -0.39 is 0 Å². The van der Waals surface area contributed by atoms with Gasteiger partial charge in [0.05, 0.1) is 11.3 Å². The minimum atomic E-state index is 0.199. The lowest BCUT2D eigenvalue weighted by Gasteiger charge is -2.35. The van der Waals surface area contributed by atoms with Crippen molar-refractivity contribution in [1.29, 1.82) is 0 Å². The molecule has 0 saturated carbocycles. The van der Waals surface area contributed by atoms with E-state index >= 15 is 0 Å². The molecule has 7 nitrogen and oxygen atoms in total. The summed E-state index contributed by atoms with van der Waals surface area (Å²) in [5, 5.41) is 10.2. The molecule has 0 amide bonds. The van der Waals surface area contributed by atoms with E-state index in [0.29, 0.717) is 11.4 Å². The maximum Gasteiger partial charge on any atom is 0.165 e. The van der Waals surface area contributed by atoms with Gasteiger partial charge in [-0.1, -0.05) is 19.1 Å². The third-order valence-electron chi connectivity index (χ3n) is 5.15. The summed E-state index contributed by atoms with van der Waals surface area (Å²) >= 11 is 0. The van der Waals surface area contributed by atoms with E-state index in [2.05, 4.69) is 31.7 Å². The fraction of sp³-hybridized carbons (Fsp3) is 0.364. The molecule has 0 atom stereocenters. The number of hydrogen-bond donors (Lipinski definition) is 1. The molecule has 3 heterocycles. The molecule has 1 N–H and O–H groups in total. The van der Waals surface area contributed by atoms with Crippen LogP contribution >= 0.6 is 0 Å². The van der Waals surface area contributed by atoms with Crippen LogP contribution in [0.5, 0.6) is 5.75 Å². The summed E-state index contributed by atoms with van der Waals surface area (Å²) in [6.07, 6.45) is 2.70. The summed E-state index contributed by atoms with van der Waals surface area (Å²) < 4.78 is 0. The van der Waals surface area contributed by atoms with Gasteiger partial charge in [-0.05, 0) is 25.1 Å². The smallest absolute Gasteiger partial charge is 0.165 e. The SMILES string of the molecule is CCc1nccc(CN2CCN(c3cc(C)nc(-c4ccccc4O)n3)CC2)n1. The summed E-state index contributed by atoms with van der Waals surface area (Å²) in [4.78, 5) is 22.9. The normalized spacial score (nSPS) is 14.9. The lowest BCUT2D eigenvalue weighted by molar-refractivity contribution is 0.246. The highest BCUT2D eigenvalue weighted by Crippen LogP contribution is 2.28. The van der Waals surface area contributed by atoms with E-state index in [1.807, 2.05) is 37.4 Å². The fourth-order valence-electron chi connectivity index (χ4n) is 3.56. The van der Waals surface area contributed by atoms with Crippen molar-refractivity contribution in [3.05, 3.63) is 59.8 Å². The molecule has 1 aromatic carbocycles. The van der Waals surface area contributed by atoms with Crippen LogP contribution in [0.25, 0.3) is 11.4 Å². The van der Waals surface area contributed by atoms with E-state index in [9.17, 15) is 5.11 Å². The van der Waals surface area contributed by atoms with Gasteiger partial charge in [0.25, 0.3) is 0 Å². The van der Waals surface area contributed by atoms with Crippen LogP contribution < -0.4 is 4.90 Å². The Morgan fingerprint density at radius 3 is 2.55 bits per heavy atom. The van der Waals surface area contributed by atoms with Gasteiger partial charge in [-0.3, -0.25) is 4.90 Å². The highest BCUT2D eigenvalue weighted by Gasteiger charge is 2.20. The molecule has 0 unspecified atom stereocenters. The van der Waals surface area contributed by atoms with Crippen LogP contribution in [0.15, 0.2) is 42.6 Å². The van der Waals surface area contributed by atoms with Crippen molar-refractivity contribution in [2.45, 2.75) is 26.8 Å². The van der Waals surface area contributed by atoms with E-state index in [1.54, 1.807) is 12.1 Å². The Bertz CT molecular complexity index is 985. The van der Waals surface area contributed by atoms with Crippen LogP contribution in [0.2, 0.25) is 0 Å². The first-order valence-electron chi connectivity index (χ1n) is 10.0. The third kappa shape index (κ3) is 4.51. The standard InChI is InChI=1S/C22H26N6O/c1-3-20-23-9-8-17(25-20)15-27-10-12-28(13-11-27)21-14-16(2)24-22(26-21)18-6-4-5-7-19(18)29/h4-9,14,29H,3,10-13,15H2,1-2H3. The number of anilines is 1. The first-order valence-corrected chi connectivity index (χ1v) is 10.0. The molecule has 29 heavy (non-hydrogen) atoms. The Morgan fingerprint density at radius 2 is 1.79 bits per heavy atom. The van der Waals surface area contributed by atoms with Crippen molar-refractivity contribution in [3.63, 3.8) is 0 Å². The first kappa shape index (κ1) is 19.3. The molecule has 4 rings (SSSR count). The Kier molecular flexibility index (Phi) is 5.67. The number of nitrogens with zero attached hydrogens (tertiary/aromatic N) is 6. The molecule has 0 aliphatic carbocycles. The Morgan fingerprint density at radius 1 is 1.00 bits per heavy atom.